The number of hydrogen-bond donors (Lipinski definition) is 8. The van der Waals surface area contributed by atoms with Gasteiger partial charge < -0.3 is 42.6 Å². The third kappa shape index (κ3) is 7.79. The summed E-state index contributed by atoms with van der Waals surface area (Å²) in [5.41, 5.74) is 12.1. The van der Waals surface area contributed by atoms with Gasteiger partial charge in [0.05, 0.1) is 6.61 Å². The summed E-state index contributed by atoms with van der Waals surface area (Å²) in [6, 6.07) is 2.25. The zero-order valence-corrected chi connectivity index (χ0v) is 19.1. The van der Waals surface area contributed by atoms with E-state index in [-0.39, 0.29) is 19.3 Å². The number of benzene rings is 1. The summed E-state index contributed by atoms with van der Waals surface area (Å²) in [5.74, 6) is -4.39. The Hall–Kier alpha value is -3.97. The van der Waals surface area contributed by atoms with Crippen molar-refractivity contribution in [3.63, 3.8) is 0 Å². The van der Waals surface area contributed by atoms with Crippen LogP contribution in [0.1, 0.15) is 25.3 Å². The van der Waals surface area contributed by atoms with E-state index < -0.39 is 60.4 Å². The molecule has 10 N–H and O–H groups in total. The van der Waals surface area contributed by atoms with Gasteiger partial charge in [-0.3, -0.25) is 24.0 Å². The molecular weight excluding hydrogens is 460 g/mol. The highest BCUT2D eigenvalue weighted by Crippen LogP contribution is 2.19. The van der Waals surface area contributed by atoms with E-state index in [1.54, 1.807) is 12.3 Å². The van der Waals surface area contributed by atoms with Crippen LogP contribution < -0.4 is 27.4 Å². The van der Waals surface area contributed by atoms with Gasteiger partial charge in [0.25, 0.3) is 0 Å². The van der Waals surface area contributed by atoms with Crippen molar-refractivity contribution in [2.24, 2.45) is 11.5 Å². The number of nitrogens with two attached hydrogens (primary N) is 2. The predicted molar refractivity (Wildman–Crippen MR) is 125 cm³/mol. The number of aromatic amines is 1. The number of aromatic nitrogens is 1. The Morgan fingerprint density at radius 3 is 2.26 bits per heavy atom. The number of carboxylic acid groups (broad SMARTS) is 1. The quantitative estimate of drug-likeness (QED) is 0.154. The molecule has 1 heterocycles. The number of para-hydroxylation sites is 1. The summed E-state index contributed by atoms with van der Waals surface area (Å²) in [4.78, 5) is 63.6. The van der Waals surface area contributed by atoms with Crippen molar-refractivity contribution < 1.29 is 34.2 Å². The maximum absolute atomic E-state index is 13.0. The van der Waals surface area contributed by atoms with Crippen LogP contribution in [0.25, 0.3) is 10.9 Å². The van der Waals surface area contributed by atoms with Crippen LogP contribution in [0.2, 0.25) is 0 Å². The molecule has 1 aromatic carbocycles. The number of aliphatic hydroxyl groups excluding tert-OH is 1. The molecular formula is C22H30N6O7. The number of carbonyl (C=O) groups is 5. The Morgan fingerprint density at radius 1 is 1.00 bits per heavy atom. The molecule has 4 amide bonds. The van der Waals surface area contributed by atoms with Crippen LogP contribution in [-0.4, -0.2) is 75.6 Å². The molecule has 0 radical (unpaired) electrons. The second kappa shape index (κ2) is 12.5. The smallest absolute Gasteiger partial charge is 0.325 e. The number of hydrogen-bond acceptors (Lipinski definition) is 7. The number of primary amides is 1. The van der Waals surface area contributed by atoms with E-state index in [9.17, 15) is 24.0 Å². The number of aliphatic carboxylic acids is 1. The van der Waals surface area contributed by atoms with E-state index in [4.69, 9.17) is 21.7 Å². The molecule has 35 heavy (non-hydrogen) atoms. The zero-order chi connectivity index (χ0) is 26.1. The van der Waals surface area contributed by atoms with Crippen molar-refractivity contribution in [2.75, 3.05) is 6.61 Å². The van der Waals surface area contributed by atoms with Gasteiger partial charge in [0.15, 0.2) is 0 Å². The Kier molecular flexibility index (Phi) is 9.73. The lowest BCUT2D eigenvalue weighted by Crippen LogP contribution is -2.57. The molecule has 0 aliphatic carbocycles. The van der Waals surface area contributed by atoms with E-state index in [1.807, 2.05) is 18.2 Å². The first-order chi connectivity index (χ1) is 16.5. The van der Waals surface area contributed by atoms with E-state index in [2.05, 4.69) is 20.9 Å². The second-order valence-corrected chi connectivity index (χ2v) is 8.05. The van der Waals surface area contributed by atoms with Crippen molar-refractivity contribution in [1.29, 1.82) is 0 Å². The Morgan fingerprint density at radius 2 is 1.63 bits per heavy atom. The molecule has 2 aromatic rings. The lowest BCUT2D eigenvalue weighted by molar-refractivity contribution is -0.141. The van der Waals surface area contributed by atoms with Crippen molar-refractivity contribution in [1.82, 2.24) is 20.9 Å². The van der Waals surface area contributed by atoms with Gasteiger partial charge in [-0.1, -0.05) is 18.2 Å². The van der Waals surface area contributed by atoms with Crippen LogP contribution in [0.3, 0.4) is 0 Å². The molecule has 13 heteroatoms. The van der Waals surface area contributed by atoms with Gasteiger partial charge in [0.2, 0.25) is 23.6 Å². The highest BCUT2D eigenvalue weighted by molar-refractivity contribution is 5.95. The minimum absolute atomic E-state index is 0.000561. The molecule has 0 saturated carbocycles. The fraction of sp³-hybridized carbons (Fsp3) is 0.409. The molecule has 2 rings (SSSR count). The van der Waals surface area contributed by atoms with E-state index in [0.29, 0.717) is 5.56 Å². The number of fused-ring (bicyclic) bond motifs is 1. The van der Waals surface area contributed by atoms with Crippen molar-refractivity contribution in [2.45, 2.75) is 50.4 Å². The summed E-state index contributed by atoms with van der Waals surface area (Å²) in [6.45, 7) is 0.603. The third-order valence-corrected chi connectivity index (χ3v) is 5.31. The number of nitrogens with one attached hydrogen (secondary N) is 4. The fourth-order valence-corrected chi connectivity index (χ4v) is 3.29. The van der Waals surface area contributed by atoms with Gasteiger partial charge in [-0.25, -0.2) is 0 Å². The average molecular weight is 491 g/mol. The van der Waals surface area contributed by atoms with Crippen LogP contribution in [0.5, 0.6) is 0 Å². The van der Waals surface area contributed by atoms with Crippen LogP contribution in [-0.2, 0) is 30.4 Å². The highest BCUT2D eigenvalue weighted by atomic mass is 16.4. The molecule has 4 unspecified atom stereocenters. The van der Waals surface area contributed by atoms with Crippen LogP contribution >= 0.6 is 0 Å². The number of carboxylic acids is 1. The zero-order valence-electron chi connectivity index (χ0n) is 19.1. The predicted octanol–water partition coefficient (Wildman–Crippen LogP) is -2.15. The molecule has 0 aliphatic heterocycles. The number of amides is 4. The first-order valence-electron chi connectivity index (χ1n) is 10.9. The maximum atomic E-state index is 13.0. The van der Waals surface area contributed by atoms with Crippen LogP contribution in [0.4, 0.5) is 0 Å². The topological polar surface area (TPSA) is 230 Å². The summed E-state index contributed by atoms with van der Waals surface area (Å²) >= 11 is 0. The normalized spacial score (nSPS) is 14.4. The summed E-state index contributed by atoms with van der Waals surface area (Å²) in [6.07, 6.45) is 1.24. The summed E-state index contributed by atoms with van der Waals surface area (Å²) in [5, 5.41) is 26.2. The molecule has 1 aromatic heterocycles. The van der Waals surface area contributed by atoms with Gasteiger partial charge in [-0.05, 0) is 25.0 Å². The first-order valence-corrected chi connectivity index (χ1v) is 10.9. The van der Waals surface area contributed by atoms with Crippen molar-refractivity contribution >= 4 is 40.5 Å². The van der Waals surface area contributed by atoms with Gasteiger partial charge in [0.1, 0.15) is 24.2 Å². The number of H-pyrrole nitrogens is 1. The van der Waals surface area contributed by atoms with Crippen molar-refractivity contribution in [3.8, 4) is 0 Å². The summed E-state index contributed by atoms with van der Waals surface area (Å²) < 4.78 is 0. The van der Waals surface area contributed by atoms with E-state index in [1.165, 1.54) is 6.92 Å². The van der Waals surface area contributed by atoms with Gasteiger partial charge in [0, 0.05) is 29.9 Å². The lowest BCUT2D eigenvalue weighted by Gasteiger charge is -2.24. The minimum atomic E-state index is -1.30. The molecule has 0 spiro atoms. The SMILES string of the molecule is CC(NC(=O)C(Cc1c[nH]c2ccccc12)NC(=O)C(CCC(N)=O)NC(=O)C(N)CO)C(=O)O. The first kappa shape index (κ1) is 27.3. The molecule has 0 saturated heterocycles. The molecule has 4 atom stereocenters. The Labute approximate surface area is 200 Å². The second-order valence-electron chi connectivity index (χ2n) is 8.05. The number of carbonyl (C=O) groups excluding carboxylic acids is 4. The highest BCUT2D eigenvalue weighted by Gasteiger charge is 2.30. The van der Waals surface area contributed by atoms with Crippen molar-refractivity contribution in [3.05, 3.63) is 36.0 Å². The number of rotatable bonds is 13. The average Bonchev–Trinajstić information content (AvgIpc) is 3.22. The molecule has 0 fully saturated rings. The van der Waals surface area contributed by atoms with Gasteiger partial charge in [-0.2, -0.15) is 0 Å². The molecule has 190 valence electrons. The monoisotopic (exact) mass is 490 g/mol. The van der Waals surface area contributed by atoms with E-state index >= 15 is 0 Å². The van der Waals surface area contributed by atoms with E-state index in [0.717, 1.165) is 10.9 Å². The Balaban J connectivity index is 2.29. The summed E-state index contributed by atoms with van der Waals surface area (Å²) in [7, 11) is 0. The maximum Gasteiger partial charge on any atom is 0.325 e. The molecule has 0 aliphatic rings. The van der Waals surface area contributed by atoms with Crippen LogP contribution in [0.15, 0.2) is 30.5 Å². The Bertz CT molecular complexity index is 1090. The lowest BCUT2D eigenvalue weighted by atomic mass is 10.0. The van der Waals surface area contributed by atoms with Gasteiger partial charge in [-0.15, -0.1) is 0 Å². The van der Waals surface area contributed by atoms with Crippen LogP contribution in [0, 0.1) is 0 Å². The van der Waals surface area contributed by atoms with Gasteiger partial charge >= 0.3 is 5.97 Å². The number of aliphatic hydroxyl groups is 1. The third-order valence-electron chi connectivity index (χ3n) is 5.31. The standard InChI is InChI=1S/C22H30N6O7/c1-11(22(34)35)26-21(33)17(8-12-9-25-15-5-3-2-4-13(12)15)28-20(32)16(6-7-18(24)30)27-19(31)14(23)10-29/h2-5,9,11,14,16-17,25,29H,6-8,10,23H2,1H3,(H2,24,30)(H,26,33)(H,27,31)(H,28,32)(H,34,35). The molecule has 0 bridgehead atoms. The largest absolute Gasteiger partial charge is 0.480 e. The fourth-order valence-electron chi connectivity index (χ4n) is 3.29. The molecule has 13 nitrogen and oxygen atoms in total. The minimum Gasteiger partial charge on any atom is -0.480 e.